The fourth-order valence-electron chi connectivity index (χ4n) is 5.75. The molecule has 1 aliphatic carbocycles. The van der Waals surface area contributed by atoms with E-state index in [9.17, 15) is 9.59 Å². The van der Waals surface area contributed by atoms with Crippen molar-refractivity contribution in [1.82, 2.24) is 19.9 Å². The van der Waals surface area contributed by atoms with Gasteiger partial charge in [0.2, 0.25) is 23.5 Å². The monoisotopic (exact) mass is 514 g/mol. The van der Waals surface area contributed by atoms with Crippen LogP contribution in [-0.4, -0.2) is 51.4 Å². The first-order valence-corrected chi connectivity index (χ1v) is 13.6. The van der Waals surface area contributed by atoms with Gasteiger partial charge in [0.15, 0.2) is 6.61 Å². The zero-order valence-electron chi connectivity index (χ0n) is 21.2. The van der Waals surface area contributed by atoms with Gasteiger partial charge in [-0.05, 0) is 43.4 Å². The summed E-state index contributed by atoms with van der Waals surface area (Å²) in [6.45, 7) is 5.91. The number of fused-ring (bicyclic) bond motifs is 1. The van der Waals surface area contributed by atoms with Crippen LogP contribution in [0.15, 0.2) is 16.7 Å². The van der Waals surface area contributed by atoms with E-state index >= 15 is 0 Å². The molecule has 3 aliphatic rings. The molecule has 2 fully saturated rings. The molecule has 1 aromatic carbocycles. The maximum absolute atomic E-state index is 13.8. The highest BCUT2D eigenvalue weighted by Crippen LogP contribution is 2.42. The van der Waals surface area contributed by atoms with Gasteiger partial charge >= 0.3 is 0 Å². The van der Waals surface area contributed by atoms with Crippen LogP contribution in [0.25, 0.3) is 0 Å². The average molecular weight is 515 g/mol. The third-order valence-corrected chi connectivity index (χ3v) is 8.06. The number of amides is 2. The smallest absolute Gasteiger partial charge is 0.229 e. The Labute approximate surface area is 217 Å². The van der Waals surface area contributed by atoms with Crippen LogP contribution in [0.2, 0.25) is 5.02 Å². The Morgan fingerprint density at radius 1 is 1.17 bits per heavy atom. The molecular weight excluding hydrogens is 480 g/mol. The predicted molar refractivity (Wildman–Crippen MR) is 135 cm³/mol. The third kappa shape index (κ3) is 5.10. The molecule has 0 radical (unpaired) electrons. The lowest BCUT2D eigenvalue weighted by molar-refractivity contribution is -0.141. The van der Waals surface area contributed by atoms with Crippen molar-refractivity contribution in [2.24, 2.45) is 5.92 Å². The highest BCUT2D eigenvalue weighted by atomic mass is 35.5. The molecule has 1 atom stereocenters. The average Bonchev–Trinajstić information content (AvgIpc) is 3.53. The molecule has 2 aromatic rings. The number of rotatable bonds is 7. The zero-order chi connectivity index (χ0) is 25.2. The van der Waals surface area contributed by atoms with Crippen LogP contribution >= 0.6 is 11.6 Å². The van der Waals surface area contributed by atoms with Crippen molar-refractivity contribution in [2.45, 2.75) is 83.8 Å². The lowest BCUT2D eigenvalue weighted by atomic mass is 9.85. The first kappa shape index (κ1) is 25.1. The number of carbonyl (C=O) groups is 2. The highest BCUT2D eigenvalue weighted by molar-refractivity contribution is 6.31. The van der Waals surface area contributed by atoms with Crippen LogP contribution in [-0.2, 0) is 22.6 Å². The van der Waals surface area contributed by atoms with Crippen LogP contribution in [0.3, 0.4) is 0 Å². The number of halogens is 1. The van der Waals surface area contributed by atoms with E-state index in [4.69, 9.17) is 20.9 Å². The first-order valence-electron chi connectivity index (χ1n) is 13.3. The van der Waals surface area contributed by atoms with Gasteiger partial charge in [0.25, 0.3) is 0 Å². The van der Waals surface area contributed by atoms with E-state index < -0.39 is 0 Å². The van der Waals surface area contributed by atoms with Crippen LogP contribution in [0.4, 0.5) is 0 Å². The Morgan fingerprint density at radius 2 is 1.97 bits per heavy atom. The number of likely N-dealkylation sites (tertiary alicyclic amines) is 1. The molecule has 0 spiro atoms. The van der Waals surface area contributed by atoms with E-state index in [1.54, 1.807) is 0 Å². The Balaban J connectivity index is 1.47. The zero-order valence-corrected chi connectivity index (χ0v) is 21.9. The summed E-state index contributed by atoms with van der Waals surface area (Å²) in [5, 5.41) is 4.71. The maximum atomic E-state index is 13.8. The lowest BCUT2D eigenvalue weighted by Gasteiger charge is -2.42. The normalized spacial score (nSPS) is 20.8. The quantitative estimate of drug-likeness (QED) is 0.513. The fraction of sp³-hybridized carbons (Fsp3) is 0.630. The Morgan fingerprint density at radius 3 is 2.67 bits per heavy atom. The largest absolute Gasteiger partial charge is 0.485 e. The Kier molecular flexibility index (Phi) is 7.51. The topological polar surface area (TPSA) is 88.8 Å². The molecule has 2 aliphatic heterocycles. The summed E-state index contributed by atoms with van der Waals surface area (Å²) in [4.78, 5) is 34.7. The van der Waals surface area contributed by atoms with E-state index in [0.29, 0.717) is 55.0 Å². The summed E-state index contributed by atoms with van der Waals surface area (Å²) in [5.41, 5.74) is 1.90. The van der Waals surface area contributed by atoms with Crippen LogP contribution < -0.4 is 4.74 Å². The molecule has 0 unspecified atom stereocenters. The van der Waals surface area contributed by atoms with Gasteiger partial charge < -0.3 is 19.1 Å². The number of ether oxygens (including phenoxy) is 1. The minimum absolute atomic E-state index is 0.0504. The predicted octanol–water partition coefficient (Wildman–Crippen LogP) is 5.05. The molecule has 0 bridgehead atoms. The van der Waals surface area contributed by atoms with Gasteiger partial charge in [-0.1, -0.05) is 49.9 Å². The van der Waals surface area contributed by atoms with Crippen molar-refractivity contribution >= 4 is 23.4 Å². The van der Waals surface area contributed by atoms with Crippen molar-refractivity contribution in [3.63, 3.8) is 0 Å². The van der Waals surface area contributed by atoms with E-state index in [0.717, 1.165) is 43.2 Å². The fourth-order valence-corrected chi connectivity index (χ4v) is 6.01. The highest BCUT2D eigenvalue weighted by Gasteiger charge is 2.39. The summed E-state index contributed by atoms with van der Waals surface area (Å²) in [5.74, 6) is 2.22. The molecule has 1 aromatic heterocycles. The van der Waals surface area contributed by atoms with Crippen LogP contribution in [0, 0.1) is 5.92 Å². The molecule has 2 amide bonds. The molecule has 5 rings (SSSR count). The molecular formula is C27H35ClN4O4. The number of carbonyl (C=O) groups excluding carboxylic acids is 2. The molecule has 0 N–H and O–H groups in total. The summed E-state index contributed by atoms with van der Waals surface area (Å²) < 4.78 is 11.6. The summed E-state index contributed by atoms with van der Waals surface area (Å²) >= 11 is 6.68. The van der Waals surface area contributed by atoms with Gasteiger partial charge in [-0.2, -0.15) is 4.98 Å². The number of nitrogens with zero attached hydrogens (tertiary/aromatic N) is 4. The third-order valence-electron chi connectivity index (χ3n) is 7.71. The molecule has 8 nitrogen and oxygen atoms in total. The number of benzene rings is 1. The number of hydrogen-bond donors (Lipinski definition) is 0. The molecule has 1 saturated heterocycles. The molecule has 1 saturated carbocycles. The number of hydrogen-bond acceptors (Lipinski definition) is 6. The summed E-state index contributed by atoms with van der Waals surface area (Å²) in [6, 6.07) is 3.41. The van der Waals surface area contributed by atoms with Crippen LogP contribution in [0.5, 0.6) is 5.75 Å². The minimum atomic E-state index is -0.296. The van der Waals surface area contributed by atoms with E-state index in [1.165, 1.54) is 6.42 Å². The lowest BCUT2D eigenvalue weighted by Crippen LogP contribution is -2.48. The van der Waals surface area contributed by atoms with Gasteiger partial charge in [-0.25, -0.2) is 0 Å². The first-order chi connectivity index (χ1) is 17.4. The Bertz CT molecular complexity index is 1110. The van der Waals surface area contributed by atoms with Crippen molar-refractivity contribution in [1.29, 1.82) is 0 Å². The van der Waals surface area contributed by atoms with Crippen molar-refractivity contribution in [2.75, 3.05) is 19.6 Å². The van der Waals surface area contributed by atoms with E-state index in [1.807, 2.05) is 35.8 Å². The number of aromatic nitrogens is 2. The molecule has 3 heterocycles. The second-order valence-electron chi connectivity index (χ2n) is 10.5. The molecule has 9 heteroatoms. The van der Waals surface area contributed by atoms with Crippen LogP contribution in [0.1, 0.15) is 93.6 Å². The van der Waals surface area contributed by atoms with Gasteiger partial charge in [-0.15, -0.1) is 0 Å². The van der Waals surface area contributed by atoms with Gasteiger partial charge in [0.1, 0.15) is 5.75 Å². The summed E-state index contributed by atoms with van der Waals surface area (Å²) in [6.07, 6.45) is 7.33. The summed E-state index contributed by atoms with van der Waals surface area (Å²) in [7, 11) is 0. The molecule has 36 heavy (non-hydrogen) atoms. The SMILES string of the molecule is CC(C)c1nc(COc2ccc(Cl)c3c2[C@@H](CN2CCCC2=O)N(C(=O)C2CCCCC2)CC3)no1. The standard InChI is InChI=1S/C27H35ClN4O4/c1-17(2)26-29-23(30-36-26)16-35-22-11-10-20(28)19-12-14-32(27(34)18-7-4-3-5-8-18)21(25(19)22)15-31-13-6-9-24(31)33/h10-11,17-18,21H,3-9,12-16H2,1-2H3/t21-/m1/s1. The van der Waals surface area contributed by atoms with Gasteiger partial charge in [0.05, 0.1) is 6.04 Å². The van der Waals surface area contributed by atoms with E-state index in [-0.39, 0.29) is 36.3 Å². The van der Waals surface area contributed by atoms with Gasteiger partial charge in [0, 0.05) is 48.5 Å². The Hall–Kier alpha value is -2.61. The second kappa shape index (κ2) is 10.8. The minimum Gasteiger partial charge on any atom is -0.485 e. The maximum Gasteiger partial charge on any atom is 0.229 e. The van der Waals surface area contributed by atoms with Crippen molar-refractivity contribution < 1.29 is 18.8 Å². The van der Waals surface area contributed by atoms with E-state index in [2.05, 4.69) is 10.1 Å². The van der Waals surface area contributed by atoms with Crippen molar-refractivity contribution in [3.8, 4) is 5.75 Å². The second-order valence-corrected chi connectivity index (χ2v) is 10.9. The van der Waals surface area contributed by atoms with Crippen molar-refractivity contribution in [3.05, 3.63) is 40.0 Å². The molecule has 194 valence electrons. The van der Waals surface area contributed by atoms with Gasteiger partial charge in [-0.3, -0.25) is 9.59 Å².